The Morgan fingerprint density at radius 2 is 1.93 bits per heavy atom. The van der Waals surface area contributed by atoms with Crippen LogP contribution in [0.4, 0.5) is 5.69 Å². The van der Waals surface area contributed by atoms with Crippen LogP contribution < -0.4 is 5.32 Å². The zero-order chi connectivity index (χ0) is 20.4. The highest BCUT2D eigenvalue weighted by Gasteiger charge is 2.20. The number of aromatic nitrogens is 3. The zero-order valence-corrected chi connectivity index (χ0v) is 16.8. The second-order valence-electron chi connectivity index (χ2n) is 7.73. The van der Waals surface area contributed by atoms with Crippen molar-refractivity contribution in [1.82, 2.24) is 19.4 Å². The highest BCUT2D eigenvalue weighted by molar-refractivity contribution is 6.06. The second-order valence-corrected chi connectivity index (χ2v) is 7.73. The van der Waals surface area contributed by atoms with Crippen LogP contribution in [0.3, 0.4) is 0 Å². The summed E-state index contributed by atoms with van der Waals surface area (Å²) < 4.78 is 2.13. The van der Waals surface area contributed by atoms with E-state index in [4.69, 9.17) is 0 Å². The lowest BCUT2D eigenvalue weighted by Crippen LogP contribution is -2.24. The molecular weight excluding hydrogens is 366 g/mol. The van der Waals surface area contributed by atoms with Crippen molar-refractivity contribution in [2.45, 2.75) is 38.1 Å². The van der Waals surface area contributed by atoms with Gasteiger partial charge in [-0.05, 0) is 30.5 Å². The number of carbonyl (C=O) groups excluding carboxylic acids is 2. The number of benzene rings is 1. The van der Waals surface area contributed by atoms with Crippen molar-refractivity contribution < 1.29 is 9.59 Å². The summed E-state index contributed by atoms with van der Waals surface area (Å²) in [4.78, 5) is 35.4. The number of carbonyl (C=O) groups is 2. The number of anilines is 1. The molecule has 2 amide bonds. The van der Waals surface area contributed by atoms with Gasteiger partial charge in [0, 0.05) is 32.0 Å². The lowest BCUT2D eigenvalue weighted by atomic mass is 10.1. The van der Waals surface area contributed by atoms with Crippen molar-refractivity contribution in [3.05, 3.63) is 54.0 Å². The Morgan fingerprint density at radius 3 is 2.69 bits per heavy atom. The molecule has 0 aliphatic heterocycles. The van der Waals surface area contributed by atoms with Crippen LogP contribution in [0.2, 0.25) is 0 Å². The number of amides is 2. The van der Waals surface area contributed by atoms with Crippen molar-refractivity contribution in [3.63, 3.8) is 0 Å². The Balaban J connectivity index is 1.55. The van der Waals surface area contributed by atoms with Crippen LogP contribution >= 0.6 is 0 Å². The Labute approximate surface area is 169 Å². The Hall–Kier alpha value is -3.22. The van der Waals surface area contributed by atoms with Gasteiger partial charge in [-0.15, -0.1) is 0 Å². The van der Waals surface area contributed by atoms with Gasteiger partial charge in [0.1, 0.15) is 5.52 Å². The van der Waals surface area contributed by atoms with E-state index in [1.165, 1.54) is 17.7 Å². The number of hydrogen-bond donors (Lipinski definition) is 1. The maximum absolute atomic E-state index is 12.8. The Morgan fingerprint density at radius 1 is 1.17 bits per heavy atom. The van der Waals surface area contributed by atoms with Gasteiger partial charge in [-0.1, -0.05) is 31.0 Å². The maximum atomic E-state index is 12.8. The van der Waals surface area contributed by atoms with E-state index in [0.717, 1.165) is 29.6 Å². The highest BCUT2D eigenvalue weighted by atomic mass is 16.2. The number of rotatable bonds is 5. The summed E-state index contributed by atoms with van der Waals surface area (Å²) in [6, 6.07) is 9.57. The van der Waals surface area contributed by atoms with Gasteiger partial charge in [0.25, 0.3) is 5.91 Å². The normalized spacial score (nSPS) is 14.3. The average Bonchev–Trinajstić information content (AvgIpc) is 3.38. The van der Waals surface area contributed by atoms with Crippen molar-refractivity contribution in [1.29, 1.82) is 0 Å². The molecule has 1 aromatic carbocycles. The number of fused-ring (bicyclic) bond motifs is 1. The fourth-order valence-electron chi connectivity index (χ4n) is 3.80. The van der Waals surface area contributed by atoms with Gasteiger partial charge in [0.15, 0.2) is 5.65 Å². The van der Waals surface area contributed by atoms with Crippen LogP contribution in [0.25, 0.3) is 11.2 Å². The largest absolute Gasteiger partial charge is 0.349 e. The van der Waals surface area contributed by atoms with E-state index in [9.17, 15) is 9.59 Å². The molecule has 0 spiro atoms. The van der Waals surface area contributed by atoms with Crippen molar-refractivity contribution in [2.75, 3.05) is 19.4 Å². The summed E-state index contributed by atoms with van der Waals surface area (Å²) in [5, 5.41) is 2.91. The fourth-order valence-corrected chi connectivity index (χ4v) is 3.80. The topological polar surface area (TPSA) is 80.1 Å². The van der Waals surface area contributed by atoms with Gasteiger partial charge < -0.3 is 14.8 Å². The highest BCUT2D eigenvalue weighted by Crippen LogP contribution is 2.31. The van der Waals surface area contributed by atoms with Crippen LogP contribution in [0.5, 0.6) is 0 Å². The number of nitrogens with one attached hydrogen (secondary N) is 1. The number of imidazole rings is 1. The zero-order valence-electron chi connectivity index (χ0n) is 16.8. The summed E-state index contributed by atoms with van der Waals surface area (Å²) in [7, 11) is 3.43. The van der Waals surface area contributed by atoms with Gasteiger partial charge >= 0.3 is 0 Å². The maximum Gasteiger partial charge on any atom is 0.257 e. The quantitative estimate of drug-likeness (QED) is 0.723. The molecule has 0 unspecified atom stereocenters. The van der Waals surface area contributed by atoms with Gasteiger partial charge in [0.05, 0.1) is 18.3 Å². The summed E-state index contributed by atoms with van der Waals surface area (Å²) in [5.74, 6) is -0.285. The number of para-hydroxylation sites is 1. The minimum absolute atomic E-state index is 0.0211. The first kappa shape index (κ1) is 19.1. The number of hydrogen-bond acceptors (Lipinski definition) is 4. The van der Waals surface area contributed by atoms with Gasteiger partial charge in [0.2, 0.25) is 5.91 Å². The van der Waals surface area contributed by atoms with E-state index < -0.39 is 0 Å². The van der Waals surface area contributed by atoms with E-state index in [0.29, 0.717) is 17.3 Å². The molecule has 1 saturated carbocycles. The minimum Gasteiger partial charge on any atom is -0.349 e. The molecule has 1 fully saturated rings. The summed E-state index contributed by atoms with van der Waals surface area (Å²) in [5.41, 5.74) is 3.40. The predicted octanol–water partition coefficient (Wildman–Crippen LogP) is 3.43. The SMILES string of the molecule is CN(C)C(=O)Cc1ccccc1NC(=O)c1cnc2c(c1)ncn2C1CCCC1. The van der Waals surface area contributed by atoms with E-state index in [2.05, 4.69) is 19.9 Å². The lowest BCUT2D eigenvalue weighted by molar-refractivity contribution is -0.127. The van der Waals surface area contributed by atoms with Crippen LogP contribution in [-0.2, 0) is 11.2 Å². The molecular formula is C22H25N5O2. The Bertz CT molecular complexity index is 1050. The van der Waals surface area contributed by atoms with Crippen molar-refractivity contribution in [2.24, 2.45) is 0 Å². The van der Waals surface area contributed by atoms with E-state index >= 15 is 0 Å². The first-order valence-electron chi connectivity index (χ1n) is 9.95. The van der Waals surface area contributed by atoms with Gasteiger partial charge in [-0.2, -0.15) is 0 Å². The van der Waals surface area contributed by atoms with Crippen LogP contribution in [0.15, 0.2) is 42.9 Å². The average molecular weight is 391 g/mol. The predicted molar refractivity (Wildman–Crippen MR) is 112 cm³/mol. The second kappa shape index (κ2) is 8.03. The minimum atomic E-state index is -0.264. The molecule has 150 valence electrons. The molecule has 29 heavy (non-hydrogen) atoms. The standard InChI is InChI=1S/C22H25N5O2/c1-26(2)20(28)12-15-7-3-6-10-18(15)25-22(29)16-11-19-21(23-13-16)27(14-24-19)17-8-4-5-9-17/h3,6-7,10-11,13-14,17H,4-5,8-9,12H2,1-2H3,(H,25,29). The fraction of sp³-hybridized carbons (Fsp3) is 0.364. The molecule has 1 N–H and O–H groups in total. The molecule has 2 heterocycles. The monoisotopic (exact) mass is 391 g/mol. The Kier molecular flexibility index (Phi) is 5.29. The van der Waals surface area contributed by atoms with Crippen LogP contribution in [-0.4, -0.2) is 45.3 Å². The van der Waals surface area contributed by atoms with Crippen LogP contribution in [0, 0.1) is 0 Å². The van der Waals surface area contributed by atoms with E-state index in [-0.39, 0.29) is 18.2 Å². The molecule has 0 bridgehead atoms. The number of likely N-dealkylation sites (N-methyl/N-ethyl adjacent to an activating group) is 1. The number of nitrogens with zero attached hydrogens (tertiary/aromatic N) is 4. The third kappa shape index (κ3) is 3.99. The molecule has 1 aliphatic carbocycles. The summed E-state index contributed by atoms with van der Waals surface area (Å²) >= 11 is 0. The smallest absolute Gasteiger partial charge is 0.257 e. The van der Waals surface area contributed by atoms with Gasteiger partial charge in [-0.3, -0.25) is 9.59 Å². The molecule has 4 rings (SSSR count). The third-order valence-corrected chi connectivity index (χ3v) is 5.50. The molecule has 0 saturated heterocycles. The van der Waals surface area contributed by atoms with E-state index in [1.807, 2.05) is 24.5 Å². The van der Waals surface area contributed by atoms with Gasteiger partial charge in [-0.25, -0.2) is 9.97 Å². The summed E-state index contributed by atoms with van der Waals surface area (Å²) in [6.45, 7) is 0. The molecule has 3 aromatic rings. The molecule has 2 aromatic heterocycles. The molecule has 0 radical (unpaired) electrons. The molecule has 7 nitrogen and oxygen atoms in total. The first-order chi connectivity index (χ1) is 14.0. The molecule has 0 atom stereocenters. The van der Waals surface area contributed by atoms with Crippen molar-refractivity contribution in [3.8, 4) is 0 Å². The third-order valence-electron chi connectivity index (χ3n) is 5.50. The van der Waals surface area contributed by atoms with Crippen LogP contribution in [0.1, 0.15) is 47.6 Å². The molecule has 7 heteroatoms. The number of pyridine rings is 1. The molecule has 1 aliphatic rings. The first-order valence-corrected chi connectivity index (χ1v) is 9.95. The van der Waals surface area contributed by atoms with Crippen molar-refractivity contribution >= 4 is 28.7 Å². The van der Waals surface area contributed by atoms with E-state index in [1.54, 1.807) is 32.4 Å². The summed E-state index contributed by atoms with van der Waals surface area (Å²) in [6.07, 6.45) is 8.43. The lowest BCUT2D eigenvalue weighted by Gasteiger charge is -2.14.